The second-order valence-electron chi connectivity index (χ2n) is 6.26. The Morgan fingerprint density at radius 1 is 1.17 bits per heavy atom. The number of benzene rings is 1. The van der Waals surface area contributed by atoms with Gasteiger partial charge in [-0.05, 0) is 44.6 Å². The van der Waals surface area contributed by atoms with Crippen molar-refractivity contribution in [2.45, 2.75) is 25.3 Å². The first-order valence-electron chi connectivity index (χ1n) is 8.25. The quantitative estimate of drug-likeness (QED) is 0.768. The summed E-state index contributed by atoms with van der Waals surface area (Å²) in [6, 6.07) is 8.03. The third kappa shape index (κ3) is 5.52. The van der Waals surface area contributed by atoms with E-state index in [1.54, 1.807) is 7.11 Å². The van der Waals surface area contributed by atoms with Gasteiger partial charge in [-0.2, -0.15) is 0 Å². The molecular formula is C18H28N2O3. The van der Waals surface area contributed by atoms with E-state index < -0.39 is 0 Å². The van der Waals surface area contributed by atoms with Gasteiger partial charge in [0.05, 0.1) is 13.5 Å². The molecule has 0 bridgehead atoms. The lowest BCUT2D eigenvalue weighted by Gasteiger charge is -2.35. The van der Waals surface area contributed by atoms with Crippen LogP contribution in [-0.2, 0) is 16.0 Å². The fourth-order valence-electron chi connectivity index (χ4n) is 2.84. The van der Waals surface area contributed by atoms with Crippen molar-refractivity contribution in [3.63, 3.8) is 0 Å². The molecule has 1 fully saturated rings. The fraction of sp³-hybridized carbons (Fsp3) is 0.611. The Bertz CT molecular complexity index is 482. The molecule has 23 heavy (non-hydrogen) atoms. The summed E-state index contributed by atoms with van der Waals surface area (Å²) < 4.78 is 10.6. The first kappa shape index (κ1) is 17.8. The lowest BCUT2D eigenvalue weighted by atomic mass is 10.0. The second-order valence-corrected chi connectivity index (χ2v) is 6.26. The Morgan fingerprint density at radius 2 is 1.83 bits per heavy atom. The number of hydrogen-bond donors (Lipinski definition) is 0. The molecule has 0 unspecified atom stereocenters. The summed E-state index contributed by atoms with van der Waals surface area (Å²) in [5.74, 6) is 1.01. The van der Waals surface area contributed by atoms with Crippen molar-refractivity contribution >= 4 is 5.91 Å². The van der Waals surface area contributed by atoms with Crippen LogP contribution < -0.4 is 4.74 Å². The SMILES string of the molecule is COc1ccc(CC(=O)N(CCN(C)C)C2CCOCC2)cc1. The molecule has 2 rings (SSSR count). The molecule has 0 spiro atoms. The molecule has 128 valence electrons. The number of methoxy groups -OCH3 is 1. The Hall–Kier alpha value is -1.59. The highest BCUT2D eigenvalue weighted by molar-refractivity contribution is 5.79. The average molecular weight is 320 g/mol. The molecule has 1 heterocycles. The molecule has 0 aliphatic carbocycles. The van der Waals surface area contributed by atoms with E-state index in [0.717, 1.165) is 50.5 Å². The molecule has 0 saturated carbocycles. The van der Waals surface area contributed by atoms with Crippen molar-refractivity contribution in [1.82, 2.24) is 9.80 Å². The van der Waals surface area contributed by atoms with E-state index in [4.69, 9.17) is 9.47 Å². The van der Waals surface area contributed by atoms with Gasteiger partial charge < -0.3 is 19.3 Å². The van der Waals surface area contributed by atoms with Crippen LogP contribution in [0.3, 0.4) is 0 Å². The summed E-state index contributed by atoms with van der Waals surface area (Å²) >= 11 is 0. The minimum Gasteiger partial charge on any atom is -0.497 e. The third-order valence-corrected chi connectivity index (χ3v) is 4.25. The topological polar surface area (TPSA) is 42.0 Å². The molecule has 1 amide bonds. The first-order valence-corrected chi connectivity index (χ1v) is 8.25. The first-order chi connectivity index (χ1) is 11.1. The van der Waals surface area contributed by atoms with Crippen LogP contribution in [-0.4, -0.2) is 69.3 Å². The predicted octanol–water partition coefficient (Wildman–Crippen LogP) is 1.81. The molecule has 1 saturated heterocycles. The number of ether oxygens (including phenoxy) is 2. The van der Waals surface area contributed by atoms with Gasteiger partial charge in [0.2, 0.25) is 5.91 Å². The number of likely N-dealkylation sites (N-methyl/N-ethyl adjacent to an activating group) is 1. The molecular weight excluding hydrogens is 292 g/mol. The maximum atomic E-state index is 12.8. The van der Waals surface area contributed by atoms with Gasteiger partial charge in [-0.15, -0.1) is 0 Å². The zero-order valence-corrected chi connectivity index (χ0v) is 14.5. The zero-order chi connectivity index (χ0) is 16.7. The number of amides is 1. The average Bonchev–Trinajstić information content (AvgIpc) is 2.56. The van der Waals surface area contributed by atoms with Gasteiger partial charge in [0.1, 0.15) is 5.75 Å². The molecule has 5 heteroatoms. The van der Waals surface area contributed by atoms with Crippen LogP contribution in [0.25, 0.3) is 0 Å². The van der Waals surface area contributed by atoms with E-state index >= 15 is 0 Å². The number of rotatable bonds is 7. The smallest absolute Gasteiger partial charge is 0.227 e. The fourth-order valence-corrected chi connectivity index (χ4v) is 2.84. The summed E-state index contributed by atoms with van der Waals surface area (Å²) in [5, 5.41) is 0. The van der Waals surface area contributed by atoms with Crippen molar-refractivity contribution in [1.29, 1.82) is 0 Å². The molecule has 0 N–H and O–H groups in total. The van der Waals surface area contributed by atoms with E-state index in [0.29, 0.717) is 12.5 Å². The van der Waals surface area contributed by atoms with Gasteiger partial charge >= 0.3 is 0 Å². The lowest BCUT2D eigenvalue weighted by molar-refractivity contribution is -0.134. The monoisotopic (exact) mass is 320 g/mol. The Morgan fingerprint density at radius 3 is 2.39 bits per heavy atom. The van der Waals surface area contributed by atoms with Crippen molar-refractivity contribution in [3.05, 3.63) is 29.8 Å². The zero-order valence-electron chi connectivity index (χ0n) is 14.5. The highest BCUT2D eigenvalue weighted by Gasteiger charge is 2.25. The molecule has 1 aliphatic heterocycles. The molecule has 1 aromatic rings. The van der Waals surface area contributed by atoms with E-state index in [-0.39, 0.29) is 5.91 Å². The lowest BCUT2D eigenvalue weighted by Crippen LogP contribution is -2.46. The molecule has 0 atom stereocenters. The van der Waals surface area contributed by atoms with Crippen LogP contribution in [0.4, 0.5) is 0 Å². The highest BCUT2D eigenvalue weighted by Crippen LogP contribution is 2.17. The molecule has 1 aromatic carbocycles. The summed E-state index contributed by atoms with van der Waals surface area (Å²) in [5.41, 5.74) is 1.03. The van der Waals surface area contributed by atoms with E-state index in [1.807, 2.05) is 43.3 Å². The number of nitrogens with zero attached hydrogens (tertiary/aromatic N) is 2. The summed E-state index contributed by atoms with van der Waals surface area (Å²) in [6.45, 7) is 3.15. The van der Waals surface area contributed by atoms with Crippen molar-refractivity contribution < 1.29 is 14.3 Å². The van der Waals surface area contributed by atoms with Crippen LogP contribution in [0.2, 0.25) is 0 Å². The van der Waals surface area contributed by atoms with Crippen LogP contribution in [0.15, 0.2) is 24.3 Å². The summed E-state index contributed by atoms with van der Waals surface area (Å²) in [7, 11) is 5.72. The van der Waals surface area contributed by atoms with Crippen LogP contribution in [0.1, 0.15) is 18.4 Å². The van der Waals surface area contributed by atoms with Crippen LogP contribution in [0, 0.1) is 0 Å². The number of hydrogen-bond acceptors (Lipinski definition) is 4. The standard InChI is InChI=1S/C18H28N2O3/c1-19(2)10-11-20(16-8-12-23-13-9-16)18(21)14-15-4-6-17(22-3)7-5-15/h4-7,16H,8-14H2,1-3H3. The Kier molecular flexibility index (Phi) is 6.86. The maximum absolute atomic E-state index is 12.8. The van der Waals surface area contributed by atoms with Crippen molar-refractivity contribution in [3.8, 4) is 5.75 Å². The molecule has 1 aliphatic rings. The number of carbonyl (C=O) groups excluding carboxylic acids is 1. The van der Waals surface area contributed by atoms with Gasteiger partial charge in [-0.3, -0.25) is 4.79 Å². The summed E-state index contributed by atoms with van der Waals surface area (Å²) in [6.07, 6.45) is 2.30. The normalized spacial score (nSPS) is 15.7. The van der Waals surface area contributed by atoms with Gasteiger partial charge in [-0.25, -0.2) is 0 Å². The third-order valence-electron chi connectivity index (χ3n) is 4.25. The van der Waals surface area contributed by atoms with Crippen LogP contribution in [0.5, 0.6) is 5.75 Å². The van der Waals surface area contributed by atoms with Gasteiger partial charge in [0.25, 0.3) is 0 Å². The minimum absolute atomic E-state index is 0.198. The van der Waals surface area contributed by atoms with E-state index in [2.05, 4.69) is 4.90 Å². The summed E-state index contributed by atoms with van der Waals surface area (Å²) in [4.78, 5) is 17.0. The van der Waals surface area contributed by atoms with E-state index in [1.165, 1.54) is 0 Å². The Balaban J connectivity index is 2.01. The van der Waals surface area contributed by atoms with Crippen molar-refractivity contribution in [2.24, 2.45) is 0 Å². The molecule has 5 nitrogen and oxygen atoms in total. The maximum Gasteiger partial charge on any atom is 0.227 e. The minimum atomic E-state index is 0.198. The van der Waals surface area contributed by atoms with Crippen LogP contribution >= 0.6 is 0 Å². The van der Waals surface area contributed by atoms with E-state index in [9.17, 15) is 4.79 Å². The largest absolute Gasteiger partial charge is 0.497 e. The second kappa shape index (κ2) is 8.89. The van der Waals surface area contributed by atoms with Crippen molar-refractivity contribution in [2.75, 3.05) is 47.5 Å². The molecule has 0 aromatic heterocycles. The highest BCUT2D eigenvalue weighted by atomic mass is 16.5. The van der Waals surface area contributed by atoms with Gasteiger partial charge in [0.15, 0.2) is 0 Å². The van der Waals surface area contributed by atoms with Gasteiger partial charge in [0, 0.05) is 32.3 Å². The predicted molar refractivity (Wildman–Crippen MR) is 90.8 cm³/mol. The number of carbonyl (C=O) groups is 1. The molecule has 0 radical (unpaired) electrons. The Labute approximate surface area is 139 Å². The van der Waals surface area contributed by atoms with Gasteiger partial charge in [-0.1, -0.05) is 12.1 Å².